The standard InChI is InChI=1S/C14H20N2OS/c1-16-14(13(15)17)9-5-8-12(10-14)18-11-6-3-2-4-7-11/h2-4,6-7,12,16H,5,8-10H2,1H3,(H2,15,17). The van der Waals surface area contributed by atoms with Gasteiger partial charge in [-0.25, -0.2) is 0 Å². The molecule has 0 bridgehead atoms. The van der Waals surface area contributed by atoms with Crippen molar-refractivity contribution in [2.75, 3.05) is 7.05 Å². The van der Waals surface area contributed by atoms with Gasteiger partial charge in [-0.2, -0.15) is 0 Å². The van der Waals surface area contributed by atoms with E-state index >= 15 is 0 Å². The molecule has 1 aliphatic rings. The van der Waals surface area contributed by atoms with Crippen molar-refractivity contribution in [3.8, 4) is 0 Å². The van der Waals surface area contributed by atoms with Crippen LogP contribution in [-0.2, 0) is 4.79 Å². The molecule has 0 saturated heterocycles. The Bertz CT molecular complexity index is 410. The van der Waals surface area contributed by atoms with Gasteiger partial charge < -0.3 is 11.1 Å². The van der Waals surface area contributed by atoms with Crippen LogP contribution in [0.25, 0.3) is 0 Å². The first kappa shape index (κ1) is 13.4. The molecule has 18 heavy (non-hydrogen) atoms. The van der Waals surface area contributed by atoms with E-state index in [0.29, 0.717) is 5.25 Å². The van der Waals surface area contributed by atoms with E-state index in [-0.39, 0.29) is 5.91 Å². The van der Waals surface area contributed by atoms with Crippen LogP contribution >= 0.6 is 11.8 Å². The maximum Gasteiger partial charge on any atom is 0.237 e. The summed E-state index contributed by atoms with van der Waals surface area (Å²) >= 11 is 1.85. The Morgan fingerprint density at radius 2 is 2.17 bits per heavy atom. The predicted molar refractivity (Wildman–Crippen MR) is 75.5 cm³/mol. The minimum absolute atomic E-state index is 0.219. The van der Waals surface area contributed by atoms with Gasteiger partial charge in [-0.1, -0.05) is 18.2 Å². The largest absolute Gasteiger partial charge is 0.368 e. The van der Waals surface area contributed by atoms with Crippen molar-refractivity contribution in [1.82, 2.24) is 5.32 Å². The van der Waals surface area contributed by atoms with Gasteiger partial charge in [0.05, 0.1) is 5.54 Å². The van der Waals surface area contributed by atoms with E-state index in [1.807, 2.05) is 37.0 Å². The SMILES string of the molecule is CNC1(C(N)=O)CCCC(Sc2ccccc2)C1. The number of primary amides is 1. The van der Waals surface area contributed by atoms with E-state index in [1.54, 1.807) is 0 Å². The lowest BCUT2D eigenvalue weighted by atomic mass is 9.81. The van der Waals surface area contributed by atoms with Crippen LogP contribution < -0.4 is 11.1 Å². The maximum atomic E-state index is 11.7. The molecule has 3 N–H and O–H groups in total. The van der Waals surface area contributed by atoms with Gasteiger partial charge in [-0.05, 0) is 44.9 Å². The van der Waals surface area contributed by atoms with Gasteiger partial charge in [0.2, 0.25) is 5.91 Å². The highest BCUT2D eigenvalue weighted by Gasteiger charge is 2.40. The van der Waals surface area contributed by atoms with Crippen molar-refractivity contribution in [2.24, 2.45) is 5.73 Å². The monoisotopic (exact) mass is 264 g/mol. The van der Waals surface area contributed by atoms with Crippen LogP contribution in [0.5, 0.6) is 0 Å². The van der Waals surface area contributed by atoms with Gasteiger partial charge in [0.15, 0.2) is 0 Å². The highest BCUT2D eigenvalue weighted by Crippen LogP contribution is 2.37. The van der Waals surface area contributed by atoms with Crippen molar-refractivity contribution >= 4 is 17.7 Å². The first-order chi connectivity index (χ1) is 8.66. The number of thioether (sulfide) groups is 1. The summed E-state index contributed by atoms with van der Waals surface area (Å²) in [4.78, 5) is 12.9. The van der Waals surface area contributed by atoms with E-state index in [1.165, 1.54) is 4.90 Å². The lowest BCUT2D eigenvalue weighted by Gasteiger charge is -2.38. The Hall–Kier alpha value is -1.00. The van der Waals surface area contributed by atoms with Crippen molar-refractivity contribution in [1.29, 1.82) is 0 Å². The van der Waals surface area contributed by atoms with Crippen molar-refractivity contribution in [2.45, 2.75) is 41.4 Å². The van der Waals surface area contributed by atoms with E-state index < -0.39 is 5.54 Å². The third-order valence-electron chi connectivity index (χ3n) is 3.70. The summed E-state index contributed by atoms with van der Waals surface area (Å²) in [6.07, 6.45) is 3.87. The van der Waals surface area contributed by atoms with Gasteiger partial charge in [-0.15, -0.1) is 11.8 Å². The van der Waals surface area contributed by atoms with Gasteiger partial charge in [-0.3, -0.25) is 4.79 Å². The van der Waals surface area contributed by atoms with Crippen LogP contribution in [0, 0.1) is 0 Å². The average molecular weight is 264 g/mol. The molecule has 0 heterocycles. The molecule has 2 unspecified atom stereocenters. The molecule has 0 radical (unpaired) electrons. The molecule has 3 nitrogen and oxygen atoms in total. The lowest BCUT2D eigenvalue weighted by Crippen LogP contribution is -2.57. The molecule has 1 aromatic rings. The second-order valence-corrected chi connectivity index (χ2v) is 6.22. The Labute approximate surface area is 113 Å². The number of nitrogens with one attached hydrogen (secondary N) is 1. The first-order valence-corrected chi connectivity index (χ1v) is 7.25. The Kier molecular flexibility index (Phi) is 4.30. The number of amides is 1. The van der Waals surface area contributed by atoms with Gasteiger partial charge in [0.1, 0.15) is 0 Å². The molecule has 2 atom stereocenters. The fraction of sp³-hybridized carbons (Fsp3) is 0.500. The van der Waals surface area contributed by atoms with E-state index in [0.717, 1.165) is 25.7 Å². The number of hydrogen-bond donors (Lipinski definition) is 2. The first-order valence-electron chi connectivity index (χ1n) is 6.37. The van der Waals surface area contributed by atoms with Gasteiger partial charge in [0.25, 0.3) is 0 Å². The number of benzene rings is 1. The van der Waals surface area contributed by atoms with Crippen LogP contribution in [0.15, 0.2) is 35.2 Å². The fourth-order valence-corrected chi connectivity index (χ4v) is 3.94. The van der Waals surface area contributed by atoms with Crippen molar-refractivity contribution < 1.29 is 4.79 Å². The molecule has 0 aliphatic heterocycles. The number of carbonyl (C=O) groups is 1. The third-order valence-corrected chi connectivity index (χ3v) is 4.98. The summed E-state index contributed by atoms with van der Waals surface area (Å²) in [6.45, 7) is 0. The van der Waals surface area contributed by atoms with E-state index in [4.69, 9.17) is 5.73 Å². The molecule has 4 heteroatoms. The summed E-state index contributed by atoms with van der Waals surface area (Å²) in [7, 11) is 1.83. The van der Waals surface area contributed by atoms with Crippen molar-refractivity contribution in [3.63, 3.8) is 0 Å². The van der Waals surface area contributed by atoms with E-state index in [9.17, 15) is 4.79 Å². The van der Waals surface area contributed by atoms with Crippen molar-refractivity contribution in [3.05, 3.63) is 30.3 Å². The van der Waals surface area contributed by atoms with Gasteiger partial charge in [0, 0.05) is 10.1 Å². The zero-order valence-corrected chi connectivity index (χ0v) is 11.5. The quantitative estimate of drug-likeness (QED) is 0.876. The normalized spacial score (nSPS) is 27.9. The Morgan fingerprint density at radius 1 is 1.44 bits per heavy atom. The number of rotatable bonds is 4. The zero-order chi connectivity index (χ0) is 13.0. The molecule has 0 aromatic heterocycles. The molecule has 0 spiro atoms. The highest BCUT2D eigenvalue weighted by molar-refractivity contribution is 8.00. The Balaban J connectivity index is 2.05. The summed E-state index contributed by atoms with van der Waals surface area (Å²) in [5.74, 6) is -0.219. The highest BCUT2D eigenvalue weighted by atomic mass is 32.2. The zero-order valence-electron chi connectivity index (χ0n) is 10.7. The molecule has 98 valence electrons. The molecular weight excluding hydrogens is 244 g/mol. The number of hydrogen-bond acceptors (Lipinski definition) is 3. The number of likely N-dealkylation sites (N-methyl/N-ethyl adjacent to an activating group) is 1. The smallest absolute Gasteiger partial charge is 0.237 e. The summed E-state index contributed by atoms with van der Waals surface area (Å²) in [6, 6.07) is 10.3. The molecule has 1 fully saturated rings. The van der Waals surface area contributed by atoms with Crippen LogP contribution in [0.4, 0.5) is 0 Å². The maximum absolute atomic E-state index is 11.7. The van der Waals surface area contributed by atoms with Crippen LogP contribution in [0.3, 0.4) is 0 Å². The predicted octanol–water partition coefficient (Wildman–Crippen LogP) is 2.16. The summed E-state index contributed by atoms with van der Waals surface area (Å²) < 4.78 is 0. The third kappa shape index (κ3) is 2.87. The number of nitrogens with two attached hydrogens (primary N) is 1. The topological polar surface area (TPSA) is 55.1 Å². The van der Waals surface area contributed by atoms with Crippen LogP contribution in [-0.4, -0.2) is 23.7 Å². The molecule has 1 aromatic carbocycles. The molecule has 1 aliphatic carbocycles. The second kappa shape index (κ2) is 5.76. The van der Waals surface area contributed by atoms with Crippen LogP contribution in [0.1, 0.15) is 25.7 Å². The molecule has 2 rings (SSSR count). The molecule has 1 saturated carbocycles. The lowest BCUT2D eigenvalue weighted by molar-refractivity contribution is -0.125. The fourth-order valence-electron chi connectivity index (χ4n) is 2.59. The molecule has 1 amide bonds. The average Bonchev–Trinajstić information content (AvgIpc) is 2.40. The second-order valence-electron chi connectivity index (χ2n) is 4.85. The number of carbonyl (C=O) groups excluding carboxylic acids is 1. The Morgan fingerprint density at radius 3 is 2.78 bits per heavy atom. The van der Waals surface area contributed by atoms with E-state index in [2.05, 4.69) is 17.4 Å². The van der Waals surface area contributed by atoms with Gasteiger partial charge >= 0.3 is 0 Å². The minimum atomic E-state index is -0.509. The minimum Gasteiger partial charge on any atom is -0.368 e. The van der Waals surface area contributed by atoms with Crippen LogP contribution in [0.2, 0.25) is 0 Å². The summed E-state index contributed by atoms with van der Waals surface area (Å²) in [5, 5.41) is 3.60. The summed E-state index contributed by atoms with van der Waals surface area (Å²) in [5.41, 5.74) is 5.05. The molecular formula is C14H20N2OS.